The van der Waals surface area contributed by atoms with Crippen LogP contribution < -0.4 is 0 Å². The van der Waals surface area contributed by atoms with Crippen LogP contribution in [0.15, 0.2) is 265 Å². The quantitative estimate of drug-likeness (QED) is 0.152. The number of fused-ring (bicyclic) bond motifs is 10. The molecule has 0 radical (unpaired) electrons. The summed E-state index contributed by atoms with van der Waals surface area (Å²) in [6.45, 7) is 0. The highest BCUT2D eigenvalue weighted by atomic mass is 16.3. The lowest BCUT2D eigenvalue weighted by molar-refractivity contribution is 0.670. The Hall–Kier alpha value is -9.50. The van der Waals surface area contributed by atoms with E-state index in [2.05, 4.69) is 259 Å². The Labute approximate surface area is 415 Å². The van der Waals surface area contributed by atoms with Gasteiger partial charge in [-0.15, -0.1) is 0 Å². The van der Waals surface area contributed by atoms with Gasteiger partial charge in [-0.2, -0.15) is 0 Å². The fourth-order valence-corrected chi connectivity index (χ4v) is 11.7. The van der Waals surface area contributed by atoms with Gasteiger partial charge in [-0.3, -0.25) is 0 Å². The van der Waals surface area contributed by atoms with Crippen LogP contribution in [0, 0.1) is 0 Å². The highest BCUT2D eigenvalue weighted by molar-refractivity contribution is 6.22. The molecule has 2 heteroatoms. The van der Waals surface area contributed by atoms with E-state index < -0.39 is 0 Å². The molecule has 2 aromatic heterocycles. The summed E-state index contributed by atoms with van der Waals surface area (Å²) in [5, 5.41) is 14.5. The van der Waals surface area contributed by atoms with Crippen molar-refractivity contribution in [3.8, 4) is 61.3 Å². The molecule has 0 saturated heterocycles. The van der Waals surface area contributed by atoms with Gasteiger partial charge in [0, 0.05) is 32.8 Å². The third-order valence-electron chi connectivity index (χ3n) is 15.2. The Morgan fingerprint density at radius 1 is 0.250 bits per heavy atom. The van der Waals surface area contributed by atoms with E-state index in [0.29, 0.717) is 0 Å². The molecule has 334 valence electrons. The van der Waals surface area contributed by atoms with Crippen molar-refractivity contribution in [2.75, 3.05) is 0 Å². The molecular formula is C70H43NO. The van der Waals surface area contributed by atoms with Crippen molar-refractivity contribution in [3.05, 3.63) is 261 Å². The molecule has 0 bridgehead atoms. The first kappa shape index (κ1) is 40.4. The highest BCUT2D eigenvalue weighted by Crippen LogP contribution is 2.46. The lowest BCUT2D eigenvalue weighted by Crippen LogP contribution is -1.96. The second-order valence-corrected chi connectivity index (χ2v) is 19.2. The zero-order valence-corrected chi connectivity index (χ0v) is 39.2. The summed E-state index contributed by atoms with van der Waals surface area (Å²) < 4.78 is 9.01. The molecule has 0 aliphatic rings. The van der Waals surface area contributed by atoms with E-state index in [4.69, 9.17) is 4.42 Å². The SMILES string of the molecule is c1ccc2cc(-c3ccc(-c4c5ccccc5c(-c5ccc(-c6ccc7ccccc7c6)cc5)c5cc(-n6c7ccccc7c7cc(-c8cccc9c8oc8ccccc89)ccc76)ccc45)cc3)ccc2c1. The van der Waals surface area contributed by atoms with E-state index in [1.54, 1.807) is 0 Å². The van der Waals surface area contributed by atoms with Crippen molar-refractivity contribution in [2.45, 2.75) is 0 Å². The number of furan rings is 1. The predicted octanol–water partition coefficient (Wildman–Crippen LogP) is 19.6. The fourth-order valence-electron chi connectivity index (χ4n) is 11.7. The average molecular weight is 914 g/mol. The van der Waals surface area contributed by atoms with Crippen LogP contribution in [-0.4, -0.2) is 4.57 Å². The van der Waals surface area contributed by atoms with Crippen LogP contribution in [-0.2, 0) is 0 Å². The molecule has 0 fully saturated rings. The van der Waals surface area contributed by atoms with Gasteiger partial charge in [0.1, 0.15) is 11.2 Å². The van der Waals surface area contributed by atoms with Gasteiger partial charge in [-0.1, -0.05) is 212 Å². The molecule has 2 heterocycles. The third-order valence-corrected chi connectivity index (χ3v) is 15.2. The van der Waals surface area contributed by atoms with Crippen LogP contribution in [0.25, 0.3) is 148 Å². The summed E-state index contributed by atoms with van der Waals surface area (Å²) in [7, 11) is 0. The molecule has 15 rings (SSSR count). The van der Waals surface area contributed by atoms with Gasteiger partial charge in [-0.25, -0.2) is 0 Å². The molecule has 0 atom stereocenters. The van der Waals surface area contributed by atoms with Crippen molar-refractivity contribution in [1.82, 2.24) is 4.57 Å². The second kappa shape index (κ2) is 16.0. The number of rotatable bonds is 6. The van der Waals surface area contributed by atoms with Gasteiger partial charge >= 0.3 is 0 Å². The lowest BCUT2D eigenvalue weighted by Gasteiger charge is -2.20. The number of benzene rings is 13. The molecular weight excluding hydrogens is 871 g/mol. The first-order valence-electron chi connectivity index (χ1n) is 24.8. The molecule has 0 N–H and O–H groups in total. The fraction of sp³-hybridized carbons (Fsp3) is 0. The van der Waals surface area contributed by atoms with Crippen molar-refractivity contribution in [2.24, 2.45) is 0 Å². The minimum Gasteiger partial charge on any atom is -0.455 e. The van der Waals surface area contributed by atoms with Crippen LogP contribution in [0.3, 0.4) is 0 Å². The van der Waals surface area contributed by atoms with Gasteiger partial charge in [0.15, 0.2) is 0 Å². The van der Waals surface area contributed by atoms with Crippen LogP contribution >= 0.6 is 0 Å². The minimum atomic E-state index is 0.906. The zero-order valence-electron chi connectivity index (χ0n) is 39.2. The Bertz CT molecular complexity index is 4670. The predicted molar refractivity (Wildman–Crippen MR) is 305 cm³/mol. The van der Waals surface area contributed by atoms with Crippen molar-refractivity contribution < 1.29 is 4.42 Å². The number of aromatic nitrogens is 1. The summed E-state index contributed by atoms with van der Waals surface area (Å²) in [6, 6.07) is 95.8. The van der Waals surface area contributed by atoms with E-state index in [1.807, 2.05) is 6.07 Å². The van der Waals surface area contributed by atoms with E-state index in [0.717, 1.165) is 49.8 Å². The Morgan fingerprint density at radius 2 is 0.736 bits per heavy atom. The molecule has 0 aliphatic carbocycles. The summed E-state index contributed by atoms with van der Waals surface area (Å²) in [5.74, 6) is 0. The topological polar surface area (TPSA) is 18.1 Å². The first-order chi connectivity index (χ1) is 35.7. The smallest absolute Gasteiger partial charge is 0.143 e. The van der Waals surface area contributed by atoms with Crippen molar-refractivity contribution in [3.63, 3.8) is 0 Å². The standard InChI is InChI=1S/C70H43NO/c1-3-14-50-40-52(34-28-44(50)12-1)46-24-30-48(31-25-46)68-59-18-5-6-19-60(59)69(49-32-26-47(27-33-49)53-35-29-45-13-2-4-15-51(45)41-53)64-43-55(37-38-61(64)68)71-65-22-9-7-16-57(65)63-42-54(36-39-66(63)71)56-20-11-21-62-58-17-8-10-23-67(58)72-70(56)62/h1-43H. The van der Waals surface area contributed by atoms with Gasteiger partial charge in [0.25, 0.3) is 0 Å². The maximum atomic E-state index is 6.55. The lowest BCUT2D eigenvalue weighted by atomic mass is 9.85. The van der Waals surface area contributed by atoms with Gasteiger partial charge in [0.05, 0.1) is 11.0 Å². The molecule has 13 aromatic carbocycles. The maximum absolute atomic E-state index is 6.55. The largest absolute Gasteiger partial charge is 0.455 e. The average Bonchev–Trinajstić information content (AvgIpc) is 4.00. The minimum absolute atomic E-state index is 0.906. The maximum Gasteiger partial charge on any atom is 0.143 e. The van der Waals surface area contributed by atoms with Crippen molar-refractivity contribution >= 4 is 86.8 Å². The molecule has 0 spiro atoms. The van der Waals surface area contributed by atoms with Gasteiger partial charge in [0.2, 0.25) is 0 Å². The Balaban J connectivity index is 0.934. The molecule has 0 unspecified atom stereocenters. The van der Waals surface area contributed by atoms with Crippen LogP contribution in [0.1, 0.15) is 0 Å². The molecule has 72 heavy (non-hydrogen) atoms. The van der Waals surface area contributed by atoms with Gasteiger partial charge in [-0.05, 0) is 142 Å². The molecule has 0 aliphatic heterocycles. The molecule has 2 nitrogen and oxygen atoms in total. The van der Waals surface area contributed by atoms with E-state index in [9.17, 15) is 0 Å². The Kier molecular flexibility index (Phi) is 8.99. The number of para-hydroxylation sites is 3. The van der Waals surface area contributed by atoms with Crippen LogP contribution in [0.2, 0.25) is 0 Å². The normalized spacial score (nSPS) is 11.9. The van der Waals surface area contributed by atoms with Gasteiger partial charge < -0.3 is 8.98 Å². The molecule has 15 aromatic rings. The van der Waals surface area contributed by atoms with E-state index in [1.165, 1.54) is 98.4 Å². The zero-order chi connectivity index (χ0) is 47.3. The Morgan fingerprint density at radius 3 is 1.40 bits per heavy atom. The van der Waals surface area contributed by atoms with Crippen molar-refractivity contribution in [1.29, 1.82) is 0 Å². The third kappa shape index (κ3) is 6.36. The number of hydrogen-bond donors (Lipinski definition) is 0. The summed E-state index contributed by atoms with van der Waals surface area (Å²) >= 11 is 0. The summed E-state index contributed by atoms with van der Waals surface area (Å²) in [6.07, 6.45) is 0. The monoisotopic (exact) mass is 913 g/mol. The summed E-state index contributed by atoms with van der Waals surface area (Å²) in [4.78, 5) is 0. The number of hydrogen-bond acceptors (Lipinski definition) is 1. The highest BCUT2D eigenvalue weighted by Gasteiger charge is 2.21. The second-order valence-electron chi connectivity index (χ2n) is 19.2. The van der Waals surface area contributed by atoms with E-state index >= 15 is 0 Å². The number of nitrogens with zero attached hydrogens (tertiary/aromatic N) is 1. The van der Waals surface area contributed by atoms with Crippen LogP contribution in [0.5, 0.6) is 0 Å². The molecule has 0 saturated carbocycles. The summed E-state index contributed by atoms with van der Waals surface area (Å²) in [5.41, 5.74) is 17.1. The van der Waals surface area contributed by atoms with E-state index in [-0.39, 0.29) is 0 Å². The molecule has 0 amide bonds. The first-order valence-corrected chi connectivity index (χ1v) is 24.8. The van der Waals surface area contributed by atoms with Crippen LogP contribution in [0.4, 0.5) is 0 Å².